The van der Waals surface area contributed by atoms with Crippen LogP contribution < -0.4 is 0 Å². The molecule has 1 unspecified atom stereocenters. The molecule has 2 N–H and O–H groups in total. The van der Waals surface area contributed by atoms with Crippen LogP contribution in [0.25, 0.3) is 0 Å². The summed E-state index contributed by atoms with van der Waals surface area (Å²) < 4.78 is 0. The number of aliphatic hydroxyl groups excluding tert-OH is 1. The van der Waals surface area contributed by atoms with Crippen LogP contribution in [0.15, 0.2) is 29.2 Å². The van der Waals surface area contributed by atoms with Gasteiger partial charge >= 0.3 is 5.97 Å². The molecule has 0 aliphatic carbocycles. The fraction of sp³-hybridized carbons (Fsp3) is 0.222. The lowest BCUT2D eigenvalue weighted by atomic mass is 10.1. The second-order valence-corrected chi connectivity index (χ2v) is 3.40. The molecule has 0 aromatic heterocycles. The number of hydrogen-bond acceptors (Lipinski definition) is 3. The van der Waals surface area contributed by atoms with Crippen molar-refractivity contribution in [1.82, 2.24) is 0 Å². The van der Waals surface area contributed by atoms with Crippen LogP contribution in [0, 0.1) is 0 Å². The van der Waals surface area contributed by atoms with Gasteiger partial charge in [-0.25, -0.2) is 4.79 Å². The zero-order valence-electron chi connectivity index (χ0n) is 7.10. The minimum atomic E-state index is -1.42. The molecule has 0 saturated heterocycles. The normalized spacial score (nSPS) is 12.5. The molecule has 0 radical (unpaired) electrons. The molecule has 0 aliphatic heterocycles. The Hall–Kier alpha value is -1.00. The van der Waals surface area contributed by atoms with E-state index in [1.165, 1.54) is 11.8 Å². The summed E-state index contributed by atoms with van der Waals surface area (Å²) >= 11 is 1.51. The lowest BCUT2D eigenvalue weighted by Crippen LogP contribution is -2.10. The third-order valence-electron chi connectivity index (χ3n) is 1.64. The van der Waals surface area contributed by atoms with Crippen molar-refractivity contribution in [3.63, 3.8) is 0 Å². The predicted octanol–water partition coefficient (Wildman–Crippen LogP) is 1.53. The first-order chi connectivity index (χ1) is 6.15. The van der Waals surface area contributed by atoms with Gasteiger partial charge in [0.05, 0.1) is 0 Å². The maximum Gasteiger partial charge on any atom is 0.337 e. The SMILES string of the molecule is CSc1cccc(C(O)C(=O)O)c1. The molecule has 0 bridgehead atoms. The minimum Gasteiger partial charge on any atom is -0.479 e. The summed E-state index contributed by atoms with van der Waals surface area (Å²) in [5.74, 6) is -1.22. The Balaban J connectivity index is 2.94. The molecule has 1 aromatic rings. The number of rotatable bonds is 3. The molecule has 0 saturated carbocycles. The largest absolute Gasteiger partial charge is 0.479 e. The van der Waals surface area contributed by atoms with Gasteiger partial charge in [-0.05, 0) is 24.0 Å². The summed E-state index contributed by atoms with van der Waals surface area (Å²) in [5, 5.41) is 17.8. The number of hydrogen-bond donors (Lipinski definition) is 2. The number of benzene rings is 1. The number of carboxylic acid groups (broad SMARTS) is 1. The monoisotopic (exact) mass is 198 g/mol. The van der Waals surface area contributed by atoms with E-state index in [-0.39, 0.29) is 0 Å². The van der Waals surface area contributed by atoms with Crippen LogP contribution in [-0.4, -0.2) is 22.4 Å². The Morgan fingerprint density at radius 1 is 1.54 bits per heavy atom. The molecule has 0 aliphatic rings. The van der Waals surface area contributed by atoms with E-state index in [0.717, 1.165) is 4.90 Å². The molecule has 3 nitrogen and oxygen atoms in total. The van der Waals surface area contributed by atoms with Crippen LogP contribution in [0.2, 0.25) is 0 Å². The Labute approximate surface area is 80.4 Å². The van der Waals surface area contributed by atoms with E-state index in [1.54, 1.807) is 18.2 Å². The predicted molar refractivity (Wildman–Crippen MR) is 50.8 cm³/mol. The third kappa shape index (κ3) is 2.47. The van der Waals surface area contributed by atoms with Crippen LogP contribution in [0.1, 0.15) is 11.7 Å². The molecule has 0 amide bonds. The van der Waals surface area contributed by atoms with Crippen LogP contribution in [0.4, 0.5) is 0 Å². The van der Waals surface area contributed by atoms with Crippen molar-refractivity contribution in [2.75, 3.05) is 6.26 Å². The summed E-state index contributed by atoms with van der Waals surface area (Å²) in [5.41, 5.74) is 0.416. The van der Waals surface area contributed by atoms with E-state index in [0.29, 0.717) is 5.56 Å². The molecule has 0 spiro atoms. The fourth-order valence-corrected chi connectivity index (χ4v) is 1.42. The zero-order valence-corrected chi connectivity index (χ0v) is 7.91. The van der Waals surface area contributed by atoms with Gasteiger partial charge in [-0.2, -0.15) is 0 Å². The van der Waals surface area contributed by atoms with E-state index < -0.39 is 12.1 Å². The van der Waals surface area contributed by atoms with Crippen LogP contribution >= 0.6 is 11.8 Å². The van der Waals surface area contributed by atoms with E-state index in [4.69, 9.17) is 5.11 Å². The first kappa shape index (κ1) is 10.1. The molecule has 13 heavy (non-hydrogen) atoms. The lowest BCUT2D eigenvalue weighted by Gasteiger charge is -2.06. The first-order valence-electron chi connectivity index (χ1n) is 3.70. The van der Waals surface area contributed by atoms with E-state index in [9.17, 15) is 9.90 Å². The summed E-state index contributed by atoms with van der Waals surface area (Å²) in [6.45, 7) is 0. The highest BCUT2D eigenvalue weighted by Gasteiger charge is 2.15. The smallest absolute Gasteiger partial charge is 0.337 e. The summed E-state index contributed by atoms with van der Waals surface area (Å²) in [6, 6.07) is 6.86. The Bertz CT molecular complexity index is 311. The molecule has 4 heteroatoms. The summed E-state index contributed by atoms with van der Waals surface area (Å²) in [6.07, 6.45) is 0.471. The van der Waals surface area contributed by atoms with Crippen molar-refractivity contribution < 1.29 is 15.0 Å². The molecular formula is C9H10O3S. The van der Waals surface area contributed by atoms with E-state index in [1.807, 2.05) is 12.3 Å². The quantitative estimate of drug-likeness (QED) is 0.723. The maximum atomic E-state index is 10.4. The molecule has 0 fully saturated rings. The highest BCUT2D eigenvalue weighted by molar-refractivity contribution is 7.98. The van der Waals surface area contributed by atoms with Crippen molar-refractivity contribution >= 4 is 17.7 Å². The number of carboxylic acids is 1. The zero-order chi connectivity index (χ0) is 9.84. The second-order valence-electron chi connectivity index (χ2n) is 2.52. The first-order valence-corrected chi connectivity index (χ1v) is 4.92. The standard InChI is InChI=1S/C9H10O3S/c1-13-7-4-2-3-6(5-7)8(10)9(11)12/h2-5,8,10H,1H3,(H,11,12). The van der Waals surface area contributed by atoms with Gasteiger partial charge < -0.3 is 10.2 Å². The molecule has 1 aromatic carbocycles. The average Bonchev–Trinajstić information content (AvgIpc) is 2.16. The van der Waals surface area contributed by atoms with Gasteiger partial charge in [-0.3, -0.25) is 0 Å². The molecule has 0 heterocycles. The third-order valence-corrected chi connectivity index (χ3v) is 2.37. The second kappa shape index (κ2) is 4.30. The van der Waals surface area contributed by atoms with Gasteiger partial charge in [0, 0.05) is 4.90 Å². The molecular weight excluding hydrogens is 188 g/mol. The van der Waals surface area contributed by atoms with Crippen molar-refractivity contribution in [3.8, 4) is 0 Å². The maximum absolute atomic E-state index is 10.4. The van der Waals surface area contributed by atoms with Crippen molar-refractivity contribution in [3.05, 3.63) is 29.8 Å². The van der Waals surface area contributed by atoms with Crippen LogP contribution in [-0.2, 0) is 4.79 Å². The van der Waals surface area contributed by atoms with Crippen LogP contribution in [0.3, 0.4) is 0 Å². The van der Waals surface area contributed by atoms with Crippen molar-refractivity contribution in [2.45, 2.75) is 11.0 Å². The van der Waals surface area contributed by atoms with Crippen molar-refractivity contribution in [1.29, 1.82) is 0 Å². The van der Waals surface area contributed by atoms with E-state index >= 15 is 0 Å². The number of thioether (sulfide) groups is 1. The highest BCUT2D eigenvalue weighted by atomic mass is 32.2. The summed E-state index contributed by atoms with van der Waals surface area (Å²) in [7, 11) is 0. The van der Waals surface area contributed by atoms with Gasteiger partial charge in [-0.15, -0.1) is 11.8 Å². The van der Waals surface area contributed by atoms with Gasteiger partial charge in [0.2, 0.25) is 0 Å². The average molecular weight is 198 g/mol. The summed E-state index contributed by atoms with van der Waals surface area (Å²) in [4.78, 5) is 11.4. The Morgan fingerprint density at radius 3 is 2.77 bits per heavy atom. The molecule has 70 valence electrons. The minimum absolute atomic E-state index is 0.416. The fourth-order valence-electron chi connectivity index (χ4n) is 0.954. The molecule has 1 rings (SSSR count). The van der Waals surface area contributed by atoms with Gasteiger partial charge in [0.25, 0.3) is 0 Å². The number of aliphatic carboxylic acids is 1. The highest BCUT2D eigenvalue weighted by Crippen LogP contribution is 2.20. The van der Waals surface area contributed by atoms with Gasteiger partial charge in [0.1, 0.15) is 0 Å². The van der Waals surface area contributed by atoms with Crippen LogP contribution in [0.5, 0.6) is 0 Å². The number of aliphatic hydroxyl groups is 1. The number of carbonyl (C=O) groups is 1. The van der Waals surface area contributed by atoms with Gasteiger partial charge in [0.15, 0.2) is 6.10 Å². The Morgan fingerprint density at radius 2 is 2.23 bits per heavy atom. The lowest BCUT2D eigenvalue weighted by molar-refractivity contribution is -0.146. The molecule has 1 atom stereocenters. The topological polar surface area (TPSA) is 57.5 Å². The Kier molecular flexibility index (Phi) is 3.33. The van der Waals surface area contributed by atoms with Gasteiger partial charge in [-0.1, -0.05) is 12.1 Å². The van der Waals surface area contributed by atoms with E-state index in [2.05, 4.69) is 0 Å². The van der Waals surface area contributed by atoms with Crippen molar-refractivity contribution in [2.24, 2.45) is 0 Å².